The highest BCUT2D eigenvalue weighted by Crippen LogP contribution is 2.33. The van der Waals surface area contributed by atoms with E-state index in [0.717, 1.165) is 32.3 Å². The number of alkyl carbamates (subject to hydrolysis) is 1. The van der Waals surface area contributed by atoms with Crippen LogP contribution in [0.4, 0.5) is 23.7 Å². The summed E-state index contributed by atoms with van der Waals surface area (Å²) in [5.74, 6) is -0.190. The van der Waals surface area contributed by atoms with Crippen LogP contribution in [0.2, 0.25) is 15.1 Å². The first-order valence-electron chi connectivity index (χ1n) is 33.0. The fraction of sp³-hybridized carbons (Fsp3) is 0.215. The third-order valence-electron chi connectivity index (χ3n) is 15.2. The first-order valence-corrected chi connectivity index (χ1v) is 34.2. The van der Waals surface area contributed by atoms with Crippen LogP contribution in [0.3, 0.4) is 0 Å². The van der Waals surface area contributed by atoms with Crippen molar-refractivity contribution >= 4 is 120 Å². The second kappa shape index (κ2) is 38.4. The number of nitrogens with zero attached hydrogens (tertiary/aromatic N) is 2. The van der Waals surface area contributed by atoms with E-state index >= 15 is 0 Å². The summed E-state index contributed by atoms with van der Waals surface area (Å²) in [5, 5.41) is 44.3. The number of carbonyl (C=O) groups is 6. The van der Waals surface area contributed by atoms with Crippen molar-refractivity contribution in [2.45, 2.75) is 58.2 Å². The lowest BCUT2D eigenvalue weighted by Gasteiger charge is -2.19. The SMILES string of the molecule is CC(C)(C)OC(=O)NCCCOc1cc2ccccc2cc1C(=O)NCCOc1nc2ccccc2cc1C(=O)Cc1ccc(Cl)cc1O.NCCCOc1cc2ccccc2cc1C(=O)NCCOc1nc2ccccc2cc1C(=O)Cc1ccc(Cl)cc1O.Nc1ccc(Cl)cc1O.O=CC(F)(F)F. The van der Waals surface area contributed by atoms with E-state index in [9.17, 15) is 47.4 Å². The molecule has 21 nitrogen and oxygen atoms in total. The van der Waals surface area contributed by atoms with Crippen molar-refractivity contribution in [2.24, 2.45) is 5.73 Å². The normalized spacial score (nSPS) is 11.0. The van der Waals surface area contributed by atoms with Crippen LogP contribution in [-0.4, -0.2) is 125 Å². The number of rotatable bonds is 25. The van der Waals surface area contributed by atoms with Crippen molar-refractivity contribution in [2.75, 3.05) is 58.3 Å². The summed E-state index contributed by atoms with van der Waals surface area (Å²) < 4.78 is 60.3. The number of hydrogen-bond acceptors (Lipinski definition) is 18. The molecule has 552 valence electrons. The molecule has 10 N–H and O–H groups in total. The predicted octanol–water partition coefficient (Wildman–Crippen LogP) is 15.4. The van der Waals surface area contributed by atoms with Gasteiger partial charge < -0.3 is 66.4 Å². The molecule has 0 saturated carbocycles. The molecule has 0 unspecified atom stereocenters. The number of phenolic OH excluding ortho intramolecular Hbond substituents is 3. The summed E-state index contributed by atoms with van der Waals surface area (Å²) in [6.07, 6.45) is -5.19. The average Bonchev–Trinajstić information content (AvgIpc) is 0.813. The van der Waals surface area contributed by atoms with Gasteiger partial charge in [-0.2, -0.15) is 13.2 Å². The molecule has 0 spiro atoms. The van der Waals surface area contributed by atoms with Crippen LogP contribution in [0.15, 0.2) is 188 Å². The van der Waals surface area contributed by atoms with Crippen LogP contribution in [0.25, 0.3) is 43.4 Å². The minimum atomic E-state index is -4.64. The van der Waals surface area contributed by atoms with E-state index in [0.29, 0.717) is 98.1 Å². The Morgan fingerprint density at radius 2 is 0.849 bits per heavy atom. The highest BCUT2D eigenvalue weighted by Gasteiger charge is 2.26. The fourth-order valence-corrected chi connectivity index (χ4v) is 10.6. The summed E-state index contributed by atoms with van der Waals surface area (Å²) in [5.41, 5.74) is 14.1. The molecule has 0 aliphatic rings. The molecule has 106 heavy (non-hydrogen) atoms. The van der Waals surface area contributed by atoms with Gasteiger partial charge in [-0.25, -0.2) is 14.8 Å². The molecule has 11 aromatic rings. The number of aromatic hydroxyl groups is 3. The number of aldehydes is 1. The number of alkyl halides is 3. The third-order valence-corrected chi connectivity index (χ3v) is 15.9. The number of Topliss-reactive ketones (excluding diaryl/α,β-unsaturated/α-hetero) is 2. The molecule has 27 heteroatoms. The van der Waals surface area contributed by atoms with Crippen molar-refractivity contribution in [3.05, 3.63) is 237 Å². The molecule has 0 saturated heterocycles. The number of nitrogens with one attached hydrogen (secondary N) is 3. The molecule has 0 fully saturated rings. The van der Waals surface area contributed by atoms with Crippen LogP contribution in [0, 0.1) is 0 Å². The summed E-state index contributed by atoms with van der Waals surface area (Å²) in [6, 6.07) is 54.6. The van der Waals surface area contributed by atoms with E-state index < -0.39 is 24.2 Å². The van der Waals surface area contributed by atoms with Crippen molar-refractivity contribution < 1.29 is 80.9 Å². The summed E-state index contributed by atoms with van der Waals surface area (Å²) in [4.78, 5) is 83.2. The van der Waals surface area contributed by atoms with Gasteiger partial charge in [0, 0.05) is 62.4 Å². The Balaban J connectivity index is 0.000000225. The van der Waals surface area contributed by atoms with Crippen LogP contribution in [-0.2, 0) is 22.4 Å². The number of pyridine rings is 2. The number of carbonyl (C=O) groups excluding carboxylic acids is 6. The second-order valence-corrected chi connectivity index (χ2v) is 25.7. The lowest BCUT2D eigenvalue weighted by molar-refractivity contribution is -0.156. The number of hydrogen-bond donors (Lipinski definition) is 8. The lowest BCUT2D eigenvalue weighted by atomic mass is 10.0. The molecule has 0 radical (unpaired) electrons. The number of para-hydroxylation sites is 2. The number of phenols is 3. The Morgan fingerprint density at radius 1 is 0.472 bits per heavy atom. The smallest absolute Gasteiger partial charge is 0.446 e. The molecule has 0 aliphatic carbocycles. The van der Waals surface area contributed by atoms with E-state index in [2.05, 4.69) is 25.9 Å². The number of nitrogens with two attached hydrogens (primary N) is 2. The second-order valence-electron chi connectivity index (χ2n) is 24.4. The molecule has 0 aliphatic heterocycles. The van der Waals surface area contributed by atoms with Gasteiger partial charge in [0.15, 0.2) is 11.6 Å². The van der Waals surface area contributed by atoms with Gasteiger partial charge in [0.1, 0.15) is 47.6 Å². The Labute approximate surface area is 622 Å². The Hall–Kier alpha value is -11.4. The monoisotopic (exact) mass is 1510 g/mol. The average molecular weight is 1510 g/mol. The topological polar surface area (TPSA) is 323 Å². The van der Waals surface area contributed by atoms with Gasteiger partial charge in [-0.1, -0.05) is 132 Å². The minimum absolute atomic E-state index is 0.0301. The van der Waals surface area contributed by atoms with Gasteiger partial charge in [-0.05, 0) is 147 Å². The van der Waals surface area contributed by atoms with Crippen molar-refractivity contribution in [1.82, 2.24) is 25.9 Å². The number of ketones is 2. The number of fused-ring (bicyclic) bond motifs is 4. The van der Waals surface area contributed by atoms with E-state index in [1.54, 1.807) is 81.4 Å². The number of benzene rings is 9. The number of halogens is 6. The van der Waals surface area contributed by atoms with Gasteiger partial charge in [-0.15, -0.1) is 0 Å². The van der Waals surface area contributed by atoms with Gasteiger partial charge in [0.2, 0.25) is 18.0 Å². The summed E-state index contributed by atoms with van der Waals surface area (Å²) in [6.45, 7) is 7.25. The molecule has 0 atom stereocenters. The zero-order valence-electron chi connectivity index (χ0n) is 57.6. The third kappa shape index (κ3) is 24.3. The van der Waals surface area contributed by atoms with E-state index in [4.69, 9.17) is 79.9 Å². The molecule has 0 bridgehead atoms. The minimum Gasteiger partial charge on any atom is -0.508 e. The van der Waals surface area contributed by atoms with Gasteiger partial charge in [0.25, 0.3) is 11.8 Å². The molecule has 11 rings (SSSR count). The van der Waals surface area contributed by atoms with Gasteiger partial charge in [-0.3, -0.25) is 24.0 Å². The summed E-state index contributed by atoms with van der Waals surface area (Å²) >= 11 is 17.4. The van der Waals surface area contributed by atoms with Crippen molar-refractivity contribution in [3.63, 3.8) is 0 Å². The molecule has 9 aromatic carbocycles. The van der Waals surface area contributed by atoms with Crippen LogP contribution in [0.5, 0.6) is 40.5 Å². The highest BCUT2D eigenvalue weighted by atomic mass is 35.5. The molecule has 2 aromatic heterocycles. The number of nitrogen functional groups attached to an aromatic ring is 1. The first kappa shape index (κ1) is 80.2. The maximum absolute atomic E-state index is 13.4. The molecule has 2 heterocycles. The van der Waals surface area contributed by atoms with Crippen LogP contribution in [0.1, 0.15) is 86.2 Å². The van der Waals surface area contributed by atoms with Gasteiger partial charge in [0.05, 0.1) is 65.3 Å². The van der Waals surface area contributed by atoms with Crippen molar-refractivity contribution in [3.8, 4) is 40.5 Å². The number of amides is 3. The summed E-state index contributed by atoms with van der Waals surface area (Å²) in [7, 11) is 0. The maximum Gasteiger partial charge on any atom is 0.446 e. The molecular weight excluding hydrogens is 1430 g/mol. The van der Waals surface area contributed by atoms with E-state index in [-0.39, 0.29) is 109 Å². The van der Waals surface area contributed by atoms with Crippen LogP contribution >= 0.6 is 34.8 Å². The molecular formula is C79H75Cl3F3N7O14. The standard InChI is InChI=1S/C38H38ClN3O7.C33H30ClN3O5.C6H6ClNO.C2HF3O/c1-38(2,3)49-37(46)41-15-8-17-47-34-22-25-10-5-4-9-24(25)19-30(34)35(45)40-16-18-48-36-29(20-26-11-6-7-12-31(26)42-36)33(44)21-27-13-14-28(39)23-32(27)43;34-25-11-10-24(29(38)20-25)18-30(39)26-17-23-8-3-4-9-28(23)37-33(26)42-15-13-36-32(40)27-16-21-6-1-2-7-22(21)19-31(27)41-14-5-12-35;7-4-1-2-5(8)6(9)3-4;3-2(4,5)1-6/h4-7,9-14,19-20,22-23,43H,8,15-18,21H2,1-3H3,(H,40,45)(H,41,46);1-4,6-11,16-17,19-20,38H,5,12-15,18,35H2,(H,36,40);1-3,9H,8H2;1H. The van der Waals surface area contributed by atoms with E-state index in [1.165, 1.54) is 18.2 Å². The van der Waals surface area contributed by atoms with Crippen LogP contribution < -0.4 is 46.4 Å². The number of anilines is 1. The Kier molecular flexibility index (Phi) is 29.0. The number of ether oxygens (including phenoxy) is 5. The highest BCUT2D eigenvalue weighted by molar-refractivity contribution is 6.31. The predicted molar refractivity (Wildman–Crippen MR) is 403 cm³/mol. The Morgan fingerprint density at radius 3 is 1.24 bits per heavy atom. The quantitative estimate of drug-likeness (QED) is 0.00866. The largest absolute Gasteiger partial charge is 0.508 e. The molecule has 3 amide bonds. The van der Waals surface area contributed by atoms with E-state index in [1.807, 2.05) is 109 Å². The Bertz CT molecular complexity index is 4950. The zero-order chi connectivity index (χ0) is 76.5. The number of aromatic nitrogens is 2. The lowest BCUT2D eigenvalue weighted by Crippen LogP contribution is -2.33. The van der Waals surface area contributed by atoms with Gasteiger partial charge >= 0.3 is 12.3 Å². The zero-order valence-corrected chi connectivity index (χ0v) is 59.9. The fourth-order valence-electron chi connectivity index (χ4n) is 10.1. The first-order chi connectivity index (χ1) is 50.6. The maximum atomic E-state index is 13.4. The van der Waals surface area contributed by atoms with Crippen molar-refractivity contribution in [1.29, 1.82) is 0 Å².